The maximum Gasteiger partial charge on any atom is 0.253 e. The van der Waals surface area contributed by atoms with E-state index in [1.165, 1.54) is 0 Å². The Bertz CT molecular complexity index is 815. The molecule has 3 heterocycles. The highest BCUT2D eigenvalue weighted by Crippen LogP contribution is 2.34. The first kappa shape index (κ1) is 25.4. The van der Waals surface area contributed by atoms with Crippen molar-refractivity contribution in [2.24, 2.45) is 5.92 Å². The van der Waals surface area contributed by atoms with Crippen LogP contribution in [0.15, 0.2) is 18.2 Å². The van der Waals surface area contributed by atoms with E-state index in [-0.39, 0.29) is 23.7 Å². The van der Waals surface area contributed by atoms with Crippen molar-refractivity contribution in [3.63, 3.8) is 0 Å². The number of likely N-dealkylation sites (tertiary alicyclic amines) is 1. The predicted molar refractivity (Wildman–Crippen MR) is 132 cm³/mol. The van der Waals surface area contributed by atoms with Crippen LogP contribution in [-0.2, 0) is 14.2 Å². The summed E-state index contributed by atoms with van der Waals surface area (Å²) in [4.78, 5) is 17.8. The number of carbonyl (C=O) groups is 1. The molecule has 0 saturated carbocycles. The summed E-state index contributed by atoms with van der Waals surface area (Å²) in [6.45, 7) is 12.8. The molecule has 3 fully saturated rings. The highest BCUT2D eigenvalue weighted by atomic mass is 16.5. The maximum absolute atomic E-state index is 13.3. The van der Waals surface area contributed by atoms with Gasteiger partial charge in [0.1, 0.15) is 5.75 Å². The van der Waals surface area contributed by atoms with Gasteiger partial charge in [0, 0.05) is 58.6 Å². The van der Waals surface area contributed by atoms with Gasteiger partial charge in [-0.25, -0.2) is 0 Å². The summed E-state index contributed by atoms with van der Waals surface area (Å²) in [5, 5.41) is 0. The first-order chi connectivity index (χ1) is 16.4. The molecule has 0 radical (unpaired) electrons. The molecule has 0 aliphatic carbocycles. The average molecular weight is 475 g/mol. The van der Waals surface area contributed by atoms with Crippen molar-refractivity contribution in [2.45, 2.75) is 64.3 Å². The molecule has 3 aliphatic rings. The van der Waals surface area contributed by atoms with Crippen LogP contribution in [0.3, 0.4) is 0 Å². The normalized spacial score (nSPS) is 24.0. The molecule has 0 aromatic heterocycles. The van der Waals surface area contributed by atoms with Crippen LogP contribution in [0.2, 0.25) is 0 Å². The number of ether oxygens (including phenoxy) is 4. The van der Waals surface area contributed by atoms with Gasteiger partial charge in [0.25, 0.3) is 5.91 Å². The topological polar surface area (TPSA) is 60.5 Å². The molecule has 0 N–H and O–H groups in total. The fraction of sp³-hybridized carbons (Fsp3) is 0.741. The van der Waals surface area contributed by atoms with Crippen molar-refractivity contribution in [2.75, 3.05) is 59.7 Å². The van der Waals surface area contributed by atoms with E-state index in [0.29, 0.717) is 25.6 Å². The molecule has 7 nitrogen and oxygen atoms in total. The third-order valence-electron chi connectivity index (χ3n) is 7.35. The second kappa shape index (κ2) is 11.4. The molecule has 1 aromatic carbocycles. The largest absolute Gasteiger partial charge is 0.491 e. The summed E-state index contributed by atoms with van der Waals surface area (Å²) in [7, 11) is 1.74. The predicted octanol–water partition coefficient (Wildman–Crippen LogP) is 3.53. The number of hydrogen-bond donors (Lipinski definition) is 0. The van der Waals surface area contributed by atoms with Crippen molar-refractivity contribution in [1.82, 2.24) is 9.80 Å². The van der Waals surface area contributed by atoms with E-state index in [1.807, 2.05) is 43.9 Å². The van der Waals surface area contributed by atoms with Crippen LogP contribution in [0.25, 0.3) is 0 Å². The molecule has 1 atom stereocenters. The van der Waals surface area contributed by atoms with Crippen LogP contribution in [0.4, 0.5) is 0 Å². The molecule has 34 heavy (non-hydrogen) atoms. The second-order valence-corrected chi connectivity index (χ2v) is 10.6. The molecule has 1 aromatic rings. The van der Waals surface area contributed by atoms with Crippen LogP contribution in [0.5, 0.6) is 5.75 Å². The summed E-state index contributed by atoms with van der Waals surface area (Å²) >= 11 is 0. The molecule has 0 bridgehead atoms. The van der Waals surface area contributed by atoms with Crippen molar-refractivity contribution in [1.29, 1.82) is 0 Å². The standard InChI is InChI=1S/C27H42N2O5/c1-20(2)33-25-6-5-23(15-21(25)3)26(30)29-11-9-27(10-12-29)19-28(17-24(34-27)18-31-4)16-22-7-13-32-14-8-22/h5-6,15,20,22,24H,7-14,16-19H2,1-4H3. The fourth-order valence-corrected chi connectivity index (χ4v) is 5.64. The van der Waals surface area contributed by atoms with Crippen LogP contribution in [-0.4, -0.2) is 93.2 Å². The molecular formula is C27H42N2O5. The number of amides is 1. The molecule has 4 rings (SSSR count). The van der Waals surface area contributed by atoms with Crippen molar-refractivity contribution in [3.8, 4) is 5.75 Å². The van der Waals surface area contributed by atoms with Gasteiger partial charge in [0.15, 0.2) is 0 Å². The summed E-state index contributed by atoms with van der Waals surface area (Å²) in [5.74, 6) is 1.63. The molecular weight excluding hydrogens is 432 g/mol. The number of hydrogen-bond acceptors (Lipinski definition) is 6. The molecule has 190 valence electrons. The second-order valence-electron chi connectivity index (χ2n) is 10.6. The maximum atomic E-state index is 13.3. The zero-order chi connectivity index (χ0) is 24.1. The summed E-state index contributed by atoms with van der Waals surface area (Å²) in [5.41, 5.74) is 1.52. The lowest BCUT2D eigenvalue weighted by Gasteiger charge is -2.50. The average Bonchev–Trinajstić information content (AvgIpc) is 2.81. The Morgan fingerprint density at radius 1 is 1.21 bits per heavy atom. The van der Waals surface area contributed by atoms with E-state index >= 15 is 0 Å². The summed E-state index contributed by atoms with van der Waals surface area (Å²) < 4.78 is 23.5. The third kappa shape index (κ3) is 6.30. The minimum atomic E-state index is -0.200. The molecule has 3 saturated heterocycles. The first-order valence-electron chi connectivity index (χ1n) is 12.9. The lowest BCUT2D eigenvalue weighted by molar-refractivity contribution is -0.187. The van der Waals surface area contributed by atoms with Gasteiger partial charge in [-0.1, -0.05) is 0 Å². The van der Waals surface area contributed by atoms with E-state index in [9.17, 15) is 4.79 Å². The Morgan fingerprint density at radius 3 is 2.59 bits per heavy atom. The Morgan fingerprint density at radius 2 is 1.94 bits per heavy atom. The molecule has 7 heteroatoms. The SMILES string of the molecule is COCC1CN(CC2CCOCC2)CC2(CCN(C(=O)c3ccc(OC(C)C)c(C)c3)CC2)O1. The molecule has 1 unspecified atom stereocenters. The highest BCUT2D eigenvalue weighted by molar-refractivity contribution is 5.94. The van der Waals surface area contributed by atoms with E-state index in [1.54, 1.807) is 7.11 Å². The third-order valence-corrected chi connectivity index (χ3v) is 7.35. The van der Waals surface area contributed by atoms with E-state index in [2.05, 4.69) is 4.90 Å². The zero-order valence-corrected chi connectivity index (χ0v) is 21.4. The van der Waals surface area contributed by atoms with Gasteiger partial charge in [-0.2, -0.15) is 0 Å². The van der Waals surface area contributed by atoms with E-state index < -0.39 is 0 Å². The smallest absolute Gasteiger partial charge is 0.253 e. The number of aryl methyl sites for hydroxylation is 1. The number of methoxy groups -OCH3 is 1. The number of piperidine rings is 1. The molecule has 1 spiro atoms. The Balaban J connectivity index is 1.38. The van der Waals surface area contributed by atoms with Gasteiger partial charge >= 0.3 is 0 Å². The van der Waals surface area contributed by atoms with Crippen LogP contribution < -0.4 is 4.74 Å². The van der Waals surface area contributed by atoms with Crippen molar-refractivity contribution >= 4 is 5.91 Å². The van der Waals surface area contributed by atoms with E-state index in [4.69, 9.17) is 18.9 Å². The minimum absolute atomic E-state index is 0.0805. The molecule has 1 amide bonds. The number of morpholine rings is 1. The zero-order valence-electron chi connectivity index (χ0n) is 21.4. The summed E-state index contributed by atoms with van der Waals surface area (Å²) in [6.07, 6.45) is 4.19. The van der Waals surface area contributed by atoms with Gasteiger partial charge in [0.05, 0.1) is 24.4 Å². The van der Waals surface area contributed by atoms with Gasteiger partial charge in [-0.3, -0.25) is 9.69 Å². The fourth-order valence-electron chi connectivity index (χ4n) is 5.64. The lowest BCUT2D eigenvalue weighted by Crippen LogP contribution is -2.61. The van der Waals surface area contributed by atoms with Crippen molar-refractivity contribution in [3.05, 3.63) is 29.3 Å². The Hall–Kier alpha value is -1.67. The first-order valence-corrected chi connectivity index (χ1v) is 12.9. The monoisotopic (exact) mass is 474 g/mol. The minimum Gasteiger partial charge on any atom is -0.491 e. The van der Waals surface area contributed by atoms with Gasteiger partial charge in [-0.15, -0.1) is 0 Å². The van der Waals surface area contributed by atoms with Gasteiger partial charge in [-0.05, 0) is 76.1 Å². The van der Waals surface area contributed by atoms with Crippen LogP contribution in [0, 0.1) is 12.8 Å². The number of rotatable bonds is 7. The van der Waals surface area contributed by atoms with E-state index in [0.717, 1.165) is 75.4 Å². The lowest BCUT2D eigenvalue weighted by atomic mass is 9.87. The van der Waals surface area contributed by atoms with Crippen LogP contribution >= 0.6 is 0 Å². The Labute approximate surface area is 204 Å². The summed E-state index contributed by atoms with van der Waals surface area (Å²) in [6, 6.07) is 5.76. The van der Waals surface area contributed by atoms with Crippen molar-refractivity contribution < 1.29 is 23.7 Å². The van der Waals surface area contributed by atoms with Crippen LogP contribution in [0.1, 0.15) is 55.5 Å². The van der Waals surface area contributed by atoms with Gasteiger partial charge < -0.3 is 23.8 Å². The quantitative estimate of drug-likeness (QED) is 0.603. The number of carbonyl (C=O) groups excluding carboxylic acids is 1. The number of benzene rings is 1. The highest BCUT2D eigenvalue weighted by Gasteiger charge is 2.44. The Kier molecular flexibility index (Phi) is 8.51. The molecule has 3 aliphatic heterocycles. The van der Waals surface area contributed by atoms with Gasteiger partial charge in [0.2, 0.25) is 0 Å². The number of nitrogens with zero attached hydrogens (tertiary/aromatic N) is 2.